The van der Waals surface area contributed by atoms with Crippen LogP contribution in [0, 0.1) is 17.5 Å². The molecule has 5 aromatic rings. The summed E-state index contributed by atoms with van der Waals surface area (Å²) in [5.74, 6) is -2.99. The average Bonchev–Trinajstić information content (AvgIpc) is 3.62. The number of nitrogens with zero attached hydrogens (tertiary/aromatic N) is 3. The van der Waals surface area contributed by atoms with Crippen molar-refractivity contribution in [3.63, 3.8) is 0 Å². The molecule has 14 nitrogen and oxygen atoms in total. The monoisotopic (exact) mass is 630 g/mol. The minimum atomic E-state index is -1.02. The molecule has 16 heteroatoms. The Bertz CT molecular complexity index is 2220. The fraction of sp³-hybridized carbons (Fsp3) is 0.172. The number of carbonyl (C=O) groups excluding carboxylic acids is 2. The number of fused-ring (bicyclic) bond motifs is 2. The van der Waals surface area contributed by atoms with E-state index in [2.05, 4.69) is 31.1 Å². The first kappa shape index (κ1) is 29.3. The van der Waals surface area contributed by atoms with Gasteiger partial charge in [0.15, 0.2) is 0 Å². The number of nitrogens with two attached hydrogens (primary N) is 1. The van der Waals surface area contributed by atoms with Gasteiger partial charge in [0, 0.05) is 6.54 Å². The van der Waals surface area contributed by atoms with Gasteiger partial charge in [-0.2, -0.15) is 0 Å². The summed E-state index contributed by atoms with van der Waals surface area (Å²) in [6, 6.07) is 7.95. The van der Waals surface area contributed by atoms with Crippen LogP contribution in [0.2, 0.25) is 0 Å². The number of benzene rings is 2. The highest BCUT2D eigenvalue weighted by Gasteiger charge is 2.29. The molecule has 6 rings (SSSR count). The van der Waals surface area contributed by atoms with E-state index in [0.29, 0.717) is 24.0 Å². The van der Waals surface area contributed by atoms with Crippen molar-refractivity contribution in [2.75, 3.05) is 11.1 Å². The highest BCUT2D eigenvalue weighted by atomic mass is 32.1. The number of rotatable bonds is 8. The summed E-state index contributed by atoms with van der Waals surface area (Å²) in [5, 5.41) is 24.1. The van der Waals surface area contributed by atoms with E-state index in [1.54, 1.807) is 13.0 Å². The lowest BCUT2D eigenvalue weighted by atomic mass is 9.98. The molecule has 1 atom stereocenters. The zero-order valence-corrected chi connectivity index (χ0v) is 24.2. The molecule has 0 spiro atoms. The predicted molar refractivity (Wildman–Crippen MR) is 161 cm³/mol. The van der Waals surface area contributed by atoms with Crippen LogP contribution in [0.1, 0.15) is 66.1 Å². The second kappa shape index (κ2) is 11.1. The van der Waals surface area contributed by atoms with Crippen LogP contribution in [0.5, 0.6) is 0 Å². The van der Waals surface area contributed by atoms with E-state index in [9.17, 15) is 33.5 Å². The van der Waals surface area contributed by atoms with Crippen LogP contribution >= 0.6 is 12.2 Å². The first-order chi connectivity index (χ1) is 21.4. The predicted octanol–water partition coefficient (Wildman–Crippen LogP) is 2.20. The standard InChI is InChI=1S/C29H23FN8O6S/c1-11-13-5-7-17(15(13)4-3-14(11)27(43)44)34-26(42)20-9-19(35-28-36-37-29(45)38(20)28)25(41)32-10-12-2-6-16(30)18(8-12)33-22-21(31)23(39)24(22)40/h2-4,6,8-9,17,33H,5,7,10,31H2,1H3,(H,32,41)(H,34,42)(H,37,45)(H,43,44)/t17-/m0/s1. The van der Waals surface area contributed by atoms with Crippen molar-refractivity contribution in [2.24, 2.45) is 0 Å². The van der Waals surface area contributed by atoms with Crippen molar-refractivity contribution in [3.05, 3.63) is 107 Å². The molecule has 0 saturated carbocycles. The number of carbonyl (C=O) groups is 3. The molecule has 45 heavy (non-hydrogen) atoms. The normalized spacial score (nSPS) is 14.0. The number of anilines is 3. The van der Waals surface area contributed by atoms with Gasteiger partial charge < -0.3 is 26.8 Å². The lowest BCUT2D eigenvalue weighted by Crippen LogP contribution is -2.36. The third kappa shape index (κ3) is 5.10. The van der Waals surface area contributed by atoms with Crippen LogP contribution in [0.25, 0.3) is 5.78 Å². The van der Waals surface area contributed by atoms with Crippen LogP contribution in [-0.2, 0) is 13.0 Å². The van der Waals surface area contributed by atoms with Gasteiger partial charge in [0.1, 0.15) is 28.6 Å². The SMILES string of the molecule is Cc1c(C(=O)O)ccc2c1CC[C@@H]2NC(=O)c1cc(C(=O)NCc2ccc(F)c(Nc3c(N)c(=O)c3=O)c2)nc2n[nH]c(=S)n12. The molecular formula is C29H23FN8O6S. The van der Waals surface area contributed by atoms with Gasteiger partial charge in [-0.1, -0.05) is 12.1 Å². The molecule has 2 aromatic heterocycles. The number of amides is 2. The smallest absolute Gasteiger partial charge is 0.335 e. The third-order valence-corrected chi connectivity index (χ3v) is 8.05. The van der Waals surface area contributed by atoms with E-state index in [1.165, 1.54) is 28.7 Å². The number of hydrogen-bond acceptors (Lipinski definition) is 10. The van der Waals surface area contributed by atoms with E-state index >= 15 is 0 Å². The molecule has 228 valence electrons. The Morgan fingerprint density at radius 1 is 1.16 bits per heavy atom. The topological polar surface area (TPSA) is 214 Å². The number of aromatic carboxylic acids is 1. The number of nitrogen functional groups attached to an aromatic ring is 1. The summed E-state index contributed by atoms with van der Waals surface area (Å²) in [4.78, 5) is 65.6. The number of carboxylic acids is 1. The lowest BCUT2D eigenvalue weighted by Gasteiger charge is -2.16. The number of H-pyrrole nitrogens is 1. The minimum absolute atomic E-state index is 0.00456. The summed E-state index contributed by atoms with van der Waals surface area (Å²) in [5.41, 5.74) is 6.01. The number of aromatic nitrogens is 4. The Kier molecular flexibility index (Phi) is 7.20. The molecule has 7 N–H and O–H groups in total. The lowest BCUT2D eigenvalue weighted by molar-refractivity contribution is 0.0695. The van der Waals surface area contributed by atoms with Crippen molar-refractivity contribution < 1.29 is 23.9 Å². The van der Waals surface area contributed by atoms with Gasteiger partial charge in [0.05, 0.1) is 17.3 Å². The van der Waals surface area contributed by atoms with Crippen LogP contribution < -0.4 is 32.5 Å². The van der Waals surface area contributed by atoms with Crippen LogP contribution in [0.15, 0.2) is 46.0 Å². The zero-order chi connectivity index (χ0) is 32.2. The maximum Gasteiger partial charge on any atom is 0.335 e. The number of aromatic amines is 1. The maximum atomic E-state index is 14.4. The van der Waals surface area contributed by atoms with Gasteiger partial charge in [-0.05, 0) is 78.5 Å². The second-order valence-electron chi connectivity index (χ2n) is 10.4. The molecule has 0 fully saturated rings. The Hall–Kier alpha value is -5.77. The number of halogens is 1. The van der Waals surface area contributed by atoms with E-state index in [1.807, 2.05) is 0 Å². The second-order valence-corrected chi connectivity index (χ2v) is 10.8. The van der Waals surface area contributed by atoms with Crippen molar-refractivity contribution in [2.45, 2.75) is 32.4 Å². The summed E-state index contributed by atoms with van der Waals surface area (Å²) >= 11 is 5.29. The van der Waals surface area contributed by atoms with Crippen LogP contribution in [0.3, 0.4) is 0 Å². The zero-order valence-electron chi connectivity index (χ0n) is 23.4. The Balaban J connectivity index is 1.22. The average molecular weight is 631 g/mol. The molecule has 1 aliphatic rings. The summed E-state index contributed by atoms with van der Waals surface area (Å²) in [7, 11) is 0. The van der Waals surface area contributed by atoms with E-state index in [0.717, 1.165) is 17.2 Å². The maximum absolute atomic E-state index is 14.4. The minimum Gasteiger partial charge on any atom is -0.478 e. The largest absolute Gasteiger partial charge is 0.478 e. The van der Waals surface area contributed by atoms with Crippen LogP contribution in [0.4, 0.5) is 21.5 Å². The molecule has 0 bridgehead atoms. The Morgan fingerprint density at radius 2 is 1.93 bits per heavy atom. The highest BCUT2D eigenvalue weighted by molar-refractivity contribution is 7.71. The van der Waals surface area contributed by atoms with Crippen molar-refractivity contribution in [1.29, 1.82) is 0 Å². The first-order valence-electron chi connectivity index (χ1n) is 13.5. The Labute approximate surface area is 256 Å². The first-order valence-corrected chi connectivity index (χ1v) is 13.9. The molecular weight excluding hydrogens is 607 g/mol. The number of carboxylic acid groups (broad SMARTS) is 1. The molecule has 1 aliphatic carbocycles. The van der Waals surface area contributed by atoms with Gasteiger partial charge in [-0.15, -0.1) is 5.10 Å². The van der Waals surface area contributed by atoms with Crippen molar-refractivity contribution >= 4 is 52.8 Å². The molecule has 0 aliphatic heterocycles. The van der Waals surface area contributed by atoms with E-state index in [-0.39, 0.29) is 51.1 Å². The Morgan fingerprint density at radius 3 is 2.67 bits per heavy atom. The summed E-state index contributed by atoms with van der Waals surface area (Å²) in [6.45, 7) is 1.65. The summed E-state index contributed by atoms with van der Waals surface area (Å²) in [6.07, 6.45) is 1.13. The van der Waals surface area contributed by atoms with Gasteiger partial charge >= 0.3 is 5.97 Å². The third-order valence-electron chi connectivity index (χ3n) is 7.77. The molecule has 3 aromatic carbocycles. The quantitative estimate of drug-likeness (QED) is 0.108. The van der Waals surface area contributed by atoms with E-state index < -0.39 is 40.5 Å². The van der Waals surface area contributed by atoms with Gasteiger partial charge in [-0.3, -0.25) is 19.2 Å². The molecule has 2 amide bonds. The highest BCUT2D eigenvalue weighted by Crippen LogP contribution is 2.35. The molecule has 2 heterocycles. The van der Waals surface area contributed by atoms with Crippen molar-refractivity contribution in [3.8, 4) is 0 Å². The van der Waals surface area contributed by atoms with Crippen molar-refractivity contribution in [1.82, 2.24) is 30.2 Å². The van der Waals surface area contributed by atoms with Gasteiger partial charge in [0.2, 0.25) is 4.77 Å². The molecule has 0 saturated heterocycles. The van der Waals surface area contributed by atoms with Gasteiger partial charge in [-0.25, -0.2) is 23.7 Å². The van der Waals surface area contributed by atoms with Gasteiger partial charge in [0.25, 0.3) is 28.4 Å². The van der Waals surface area contributed by atoms with E-state index in [4.69, 9.17) is 18.0 Å². The molecule has 0 radical (unpaired) electrons. The number of nitrogens with one attached hydrogen (secondary N) is 4. The molecule has 0 unspecified atom stereocenters. The fourth-order valence-corrected chi connectivity index (χ4v) is 5.64. The summed E-state index contributed by atoms with van der Waals surface area (Å²) < 4.78 is 15.7. The fourth-order valence-electron chi connectivity index (χ4n) is 5.41. The number of hydrogen-bond donors (Lipinski definition) is 6. The van der Waals surface area contributed by atoms with Crippen LogP contribution in [-0.4, -0.2) is 42.5 Å².